The number of allylic oxidation sites excluding steroid dienone is 1. The van der Waals surface area contributed by atoms with E-state index < -0.39 is 5.60 Å². The second-order valence-corrected chi connectivity index (χ2v) is 4.99. The molecule has 1 aromatic heterocycles. The highest BCUT2D eigenvalue weighted by atomic mass is 35.5. The first kappa shape index (κ1) is 14.1. The topological polar surface area (TPSA) is 50.9 Å². The molecule has 0 radical (unpaired) electrons. The average molecular weight is 298 g/mol. The van der Waals surface area contributed by atoms with Gasteiger partial charge in [-0.05, 0) is 19.1 Å². The molecule has 0 spiro atoms. The average Bonchev–Trinajstić information content (AvgIpc) is 2.81. The summed E-state index contributed by atoms with van der Waals surface area (Å²) in [5, 5.41) is 15.8. The van der Waals surface area contributed by atoms with Gasteiger partial charge in [-0.15, -0.1) is 0 Å². The van der Waals surface area contributed by atoms with Gasteiger partial charge in [0.15, 0.2) is 0 Å². The molecular formula is C13H13Cl2N3O. The first-order valence-corrected chi connectivity index (χ1v) is 6.45. The Kier molecular flexibility index (Phi) is 4.24. The second kappa shape index (κ2) is 5.74. The van der Waals surface area contributed by atoms with Gasteiger partial charge in [0.05, 0.1) is 6.54 Å². The van der Waals surface area contributed by atoms with Crippen molar-refractivity contribution < 1.29 is 5.11 Å². The SMILES string of the molecule is CC=CC(O)(Cn1cncn1)c1ccc(Cl)cc1Cl. The van der Waals surface area contributed by atoms with Crippen LogP contribution in [0.2, 0.25) is 10.0 Å². The van der Waals surface area contributed by atoms with E-state index in [1.807, 2.05) is 6.92 Å². The highest BCUT2D eigenvalue weighted by molar-refractivity contribution is 6.35. The third-order valence-electron chi connectivity index (χ3n) is 2.71. The first-order chi connectivity index (χ1) is 9.05. The third kappa shape index (κ3) is 3.15. The van der Waals surface area contributed by atoms with Gasteiger partial charge in [-0.3, -0.25) is 0 Å². The van der Waals surface area contributed by atoms with Crippen molar-refractivity contribution in [1.82, 2.24) is 14.8 Å². The van der Waals surface area contributed by atoms with Crippen LogP contribution in [0.25, 0.3) is 0 Å². The molecule has 2 rings (SSSR count). The Morgan fingerprint density at radius 2 is 2.21 bits per heavy atom. The van der Waals surface area contributed by atoms with Gasteiger partial charge in [0.2, 0.25) is 0 Å². The zero-order valence-electron chi connectivity index (χ0n) is 10.3. The number of hydrogen-bond acceptors (Lipinski definition) is 3. The normalized spacial score (nSPS) is 14.7. The van der Waals surface area contributed by atoms with E-state index in [2.05, 4.69) is 10.1 Å². The standard InChI is InChI=1S/C13H13Cl2N3O/c1-2-5-13(19,7-18-9-16-8-17-18)11-4-3-10(14)6-12(11)15/h2-6,8-9,19H,7H2,1H3. The van der Waals surface area contributed by atoms with Crippen molar-refractivity contribution in [3.05, 3.63) is 58.6 Å². The number of benzene rings is 1. The van der Waals surface area contributed by atoms with E-state index in [-0.39, 0.29) is 6.54 Å². The molecule has 0 aliphatic heterocycles. The molecule has 1 atom stereocenters. The van der Waals surface area contributed by atoms with Crippen molar-refractivity contribution in [3.63, 3.8) is 0 Å². The minimum absolute atomic E-state index is 0.221. The molecular weight excluding hydrogens is 285 g/mol. The molecule has 0 aliphatic carbocycles. The zero-order chi connectivity index (χ0) is 13.9. The Balaban J connectivity index is 2.43. The number of rotatable bonds is 4. The summed E-state index contributed by atoms with van der Waals surface area (Å²) in [4.78, 5) is 3.86. The maximum absolute atomic E-state index is 10.8. The van der Waals surface area contributed by atoms with Gasteiger partial charge in [-0.2, -0.15) is 5.10 Å². The quantitative estimate of drug-likeness (QED) is 0.883. The first-order valence-electron chi connectivity index (χ1n) is 5.69. The minimum Gasteiger partial charge on any atom is -0.379 e. The van der Waals surface area contributed by atoms with Gasteiger partial charge >= 0.3 is 0 Å². The van der Waals surface area contributed by atoms with Crippen molar-refractivity contribution >= 4 is 23.2 Å². The van der Waals surface area contributed by atoms with E-state index >= 15 is 0 Å². The summed E-state index contributed by atoms with van der Waals surface area (Å²) in [6.45, 7) is 2.05. The fourth-order valence-corrected chi connectivity index (χ4v) is 2.48. The van der Waals surface area contributed by atoms with Crippen molar-refractivity contribution in [2.24, 2.45) is 0 Å². The van der Waals surface area contributed by atoms with Crippen molar-refractivity contribution in [2.45, 2.75) is 19.1 Å². The van der Waals surface area contributed by atoms with Crippen LogP contribution in [0, 0.1) is 0 Å². The van der Waals surface area contributed by atoms with Gasteiger partial charge in [0.25, 0.3) is 0 Å². The Bertz CT molecular complexity index is 584. The van der Waals surface area contributed by atoms with Crippen LogP contribution < -0.4 is 0 Å². The van der Waals surface area contributed by atoms with Crippen LogP contribution in [0.3, 0.4) is 0 Å². The Hall–Kier alpha value is -1.36. The van der Waals surface area contributed by atoms with E-state index in [9.17, 15) is 5.11 Å². The molecule has 0 aliphatic rings. The molecule has 2 aromatic rings. The van der Waals surface area contributed by atoms with Crippen molar-refractivity contribution in [1.29, 1.82) is 0 Å². The Labute approximate surface area is 121 Å². The second-order valence-electron chi connectivity index (χ2n) is 4.14. The van der Waals surface area contributed by atoms with Gasteiger partial charge in [0.1, 0.15) is 18.3 Å². The number of aromatic nitrogens is 3. The van der Waals surface area contributed by atoms with E-state index in [0.29, 0.717) is 15.6 Å². The summed E-state index contributed by atoms with van der Waals surface area (Å²) in [6, 6.07) is 5.01. The molecule has 0 bridgehead atoms. The molecule has 100 valence electrons. The summed E-state index contributed by atoms with van der Waals surface area (Å²) in [5.74, 6) is 0. The molecule has 1 N–H and O–H groups in total. The maximum Gasteiger partial charge on any atom is 0.137 e. The highest BCUT2D eigenvalue weighted by Gasteiger charge is 2.29. The number of nitrogens with zero attached hydrogens (tertiary/aromatic N) is 3. The zero-order valence-corrected chi connectivity index (χ0v) is 11.8. The predicted octanol–water partition coefficient (Wildman–Crippen LogP) is 3.05. The summed E-state index contributed by atoms with van der Waals surface area (Å²) >= 11 is 12.0. The molecule has 4 nitrogen and oxygen atoms in total. The number of halogens is 2. The minimum atomic E-state index is -1.26. The largest absolute Gasteiger partial charge is 0.379 e. The van der Waals surface area contributed by atoms with Gasteiger partial charge in [-0.25, -0.2) is 9.67 Å². The van der Waals surface area contributed by atoms with Crippen LogP contribution in [-0.4, -0.2) is 19.9 Å². The summed E-state index contributed by atoms with van der Waals surface area (Å²) < 4.78 is 1.55. The van der Waals surface area contributed by atoms with Crippen molar-refractivity contribution in [3.8, 4) is 0 Å². The van der Waals surface area contributed by atoms with Crippen LogP contribution in [0.1, 0.15) is 12.5 Å². The molecule has 1 unspecified atom stereocenters. The monoisotopic (exact) mass is 297 g/mol. The maximum atomic E-state index is 10.8. The fourth-order valence-electron chi connectivity index (χ4n) is 1.91. The van der Waals surface area contributed by atoms with E-state index in [0.717, 1.165) is 0 Å². The Morgan fingerprint density at radius 3 is 2.79 bits per heavy atom. The fraction of sp³-hybridized carbons (Fsp3) is 0.231. The molecule has 19 heavy (non-hydrogen) atoms. The van der Waals surface area contributed by atoms with Gasteiger partial charge in [0, 0.05) is 15.6 Å². The lowest BCUT2D eigenvalue weighted by atomic mass is 9.93. The molecule has 1 aromatic carbocycles. The van der Waals surface area contributed by atoms with Crippen LogP contribution in [0.5, 0.6) is 0 Å². The lowest BCUT2D eigenvalue weighted by molar-refractivity contribution is 0.0655. The summed E-state index contributed by atoms with van der Waals surface area (Å²) in [6.07, 6.45) is 6.39. The molecule has 0 saturated carbocycles. The summed E-state index contributed by atoms with van der Waals surface area (Å²) in [5.41, 5.74) is -0.684. The molecule has 1 heterocycles. The third-order valence-corrected chi connectivity index (χ3v) is 3.26. The van der Waals surface area contributed by atoms with Crippen LogP contribution >= 0.6 is 23.2 Å². The molecule has 6 heteroatoms. The number of aliphatic hydroxyl groups is 1. The molecule has 0 saturated heterocycles. The van der Waals surface area contributed by atoms with Crippen LogP contribution in [0.15, 0.2) is 43.0 Å². The van der Waals surface area contributed by atoms with E-state index in [1.54, 1.807) is 35.0 Å². The van der Waals surface area contributed by atoms with Crippen molar-refractivity contribution in [2.75, 3.05) is 0 Å². The molecule has 0 amide bonds. The Morgan fingerprint density at radius 1 is 1.42 bits per heavy atom. The smallest absolute Gasteiger partial charge is 0.137 e. The van der Waals surface area contributed by atoms with Crippen LogP contribution in [-0.2, 0) is 12.1 Å². The predicted molar refractivity (Wildman–Crippen MR) is 75.2 cm³/mol. The lowest BCUT2D eigenvalue weighted by Gasteiger charge is -2.26. The van der Waals surface area contributed by atoms with Crippen LogP contribution in [0.4, 0.5) is 0 Å². The van der Waals surface area contributed by atoms with Gasteiger partial charge < -0.3 is 5.11 Å². The molecule has 0 fully saturated rings. The van der Waals surface area contributed by atoms with E-state index in [4.69, 9.17) is 23.2 Å². The lowest BCUT2D eigenvalue weighted by Crippen LogP contribution is -2.30. The summed E-state index contributed by atoms with van der Waals surface area (Å²) in [7, 11) is 0. The number of hydrogen-bond donors (Lipinski definition) is 1. The highest BCUT2D eigenvalue weighted by Crippen LogP contribution is 2.32. The van der Waals surface area contributed by atoms with Gasteiger partial charge in [-0.1, -0.05) is 41.4 Å². The van der Waals surface area contributed by atoms with E-state index in [1.165, 1.54) is 12.7 Å².